The van der Waals surface area contributed by atoms with Gasteiger partial charge in [-0.05, 0) is 59.0 Å². The minimum Gasteiger partial charge on any atom is -0.504 e. The zero-order valence-corrected chi connectivity index (χ0v) is 16.4. The number of aryl methyl sites for hydroxylation is 2. The van der Waals surface area contributed by atoms with E-state index >= 15 is 0 Å². The average molecular weight is 368 g/mol. The fourth-order valence-corrected chi connectivity index (χ4v) is 4.14. The Morgan fingerprint density at radius 3 is 2.70 bits per heavy atom. The molecule has 1 aromatic heterocycles. The molecular formula is C21H28N4O2. The first-order chi connectivity index (χ1) is 13.0. The van der Waals surface area contributed by atoms with Crippen molar-refractivity contribution in [2.45, 2.75) is 39.3 Å². The summed E-state index contributed by atoms with van der Waals surface area (Å²) >= 11 is 0. The number of hydrogen-bond acceptors (Lipinski definition) is 6. The van der Waals surface area contributed by atoms with E-state index in [0.717, 1.165) is 54.4 Å². The van der Waals surface area contributed by atoms with E-state index < -0.39 is 0 Å². The van der Waals surface area contributed by atoms with Gasteiger partial charge < -0.3 is 14.7 Å². The molecule has 1 saturated heterocycles. The lowest BCUT2D eigenvalue weighted by atomic mass is 10.0. The molecule has 27 heavy (non-hydrogen) atoms. The molecule has 0 saturated carbocycles. The Bertz CT molecular complexity index is 831. The third-order valence-corrected chi connectivity index (χ3v) is 5.70. The monoisotopic (exact) mass is 368 g/mol. The Kier molecular flexibility index (Phi) is 5.02. The van der Waals surface area contributed by atoms with Crippen molar-refractivity contribution in [2.24, 2.45) is 0 Å². The molecule has 3 heterocycles. The van der Waals surface area contributed by atoms with E-state index in [1.54, 1.807) is 12.3 Å². The number of hydrogen-bond donors (Lipinski definition) is 1. The maximum Gasteiger partial charge on any atom is 0.165 e. The minimum atomic E-state index is 0.190. The lowest BCUT2D eigenvalue weighted by Gasteiger charge is -2.36. The molecule has 2 aliphatic rings. The van der Waals surface area contributed by atoms with Crippen LogP contribution >= 0.6 is 0 Å². The second-order valence-corrected chi connectivity index (χ2v) is 7.78. The maximum absolute atomic E-state index is 10.6. The average Bonchev–Trinajstić information content (AvgIpc) is 2.87. The molecule has 1 N–H and O–H groups in total. The van der Waals surface area contributed by atoms with Crippen LogP contribution in [0.1, 0.15) is 29.8 Å². The number of ether oxygens (including phenoxy) is 1. The largest absolute Gasteiger partial charge is 0.504 e. The first kappa shape index (κ1) is 18.2. The fraction of sp³-hybridized carbons (Fsp3) is 0.524. The van der Waals surface area contributed by atoms with Gasteiger partial charge in [0, 0.05) is 36.5 Å². The van der Waals surface area contributed by atoms with Crippen molar-refractivity contribution in [1.29, 1.82) is 0 Å². The summed E-state index contributed by atoms with van der Waals surface area (Å²) < 4.78 is 5.93. The van der Waals surface area contributed by atoms with Crippen molar-refractivity contribution in [3.05, 3.63) is 35.3 Å². The molecule has 2 aliphatic heterocycles. The van der Waals surface area contributed by atoms with Gasteiger partial charge in [0.15, 0.2) is 11.5 Å². The molecule has 0 amide bonds. The number of nitrogens with zero attached hydrogens (tertiary/aromatic N) is 4. The van der Waals surface area contributed by atoms with Crippen molar-refractivity contribution in [3.63, 3.8) is 0 Å². The van der Waals surface area contributed by atoms with Gasteiger partial charge in [-0.1, -0.05) is 0 Å². The lowest BCUT2D eigenvalue weighted by Crippen LogP contribution is -2.44. The Hall–Kier alpha value is -2.18. The van der Waals surface area contributed by atoms with Gasteiger partial charge in [-0.25, -0.2) is 4.98 Å². The minimum absolute atomic E-state index is 0.190. The molecule has 6 heteroatoms. The third-order valence-electron chi connectivity index (χ3n) is 5.70. The predicted octanol–water partition coefficient (Wildman–Crippen LogP) is 2.75. The quantitative estimate of drug-likeness (QED) is 0.880. The lowest BCUT2D eigenvalue weighted by molar-refractivity contribution is 0.107. The number of benzene rings is 1. The summed E-state index contributed by atoms with van der Waals surface area (Å²) in [5.74, 6) is 0.808. The van der Waals surface area contributed by atoms with Gasteiger partial charge in [-0.15, -0.1) is 0 Å². The second kappa shape index (κ2) is 7.44. The first-order valence-electron chi connectivity index (χ1n) is 9.73. The Balaban J connectivity index is 1.66. The molecule has 0 radical (unpaired) electrons. The van der Waals surface area contributed by atoms with Crippen LogP contribution in [-0.2, 0) is 6.54 Å². The van der Waals surface area contributed by atoms with Crippen molar-refractivity contribution >= 4 is 0 Å². The van der Waals surface area contributed by atoms with E-state index in [9.17, 15) is 5.11 Å². The summed E-state index contributed by atoms with van der Waals surface area (Å²) in [5, 5.41) is 10.6. The summed E-state index contributed by atoms with van der Waals surface area (Å²) in [6.07, 6.45) is 4.13. The van der Waals surface area contributed by atoms with Crippen molar-refractivity contribution in [1.82, 2.24) is 19.8 Å². The molecule has 144 valence electrons. The van der Waals surface area contributed by atoms with Crippen LogP contribution in [0.2, 0.25) is 0 Å². The van der Waals surface area contributed by atoms with E-state index in [0.29, 0.717) is 18.4 Å². The number of rotatable bonds is 2. The number of phenols is 1. The van der Waals surface area contributed by atoms with Gasteiger partial charge in [0.1, 0.15) is 6.61 Å². The Morgan fingerprint density at radius 1 is 1.15 bits per heavy atom. The number of likely N-dealkylation sites (tertiary alicyclic amines) is 1. The van der Waals surface area contributed by atoms with Crippen molar-refractivity contribution in [2.75, 3.05) is 33.3 Å². The molecule has 2 aromatic rings. The van der Waals surface area contributed by atoms with E-state index in [1.165, 1.54) is 12.8 Å². The van der Waals surface area contributed by atoms with Crippen molar-refractivity contribution in [3.8, 4) is 22.8 Å². The predicted molar refractivity (Wildman–Crippen MR) is 105 cm³/mol. The highest BCUT2D eigenvalue weighted by Crippen LogP contribution is 2.38. The van der Waals surface area contributed by atoms with Gasteiger partial charge in [0.2, 0.25) is 0 Å². The molecule has 0 unspecified atom stereocenters. The summed E-state index contributed by atoms with van der Waals surface area (Å²) in [7, 11) is 2.19. The normalized spacial score (nSPS) is 19.4. The standard InChI is InChI=1S/C21H28N4O2/c1-14-12-22-15(2)20(23-14)16-10-17-13-25(18-4-6-24(3)7-5-18)8-9-27-21(17)19(26)11-16/h10-12,18,26H,4-9,13H2,1-3H3. The number of piperidine rings is 1. The van der Waals surface area contributed by atoms with Crippen LogP contribution in [0, 0.1) is 13.8 Å². The molecule has 0 bridgehead atoms. The molecule has 0 aliphatic carbocycles. The molecule has 0 atom stereocenters. The van der Waals surface area contributed by atoms with Crippen molar-refractivity contribution < 1.29 is 9.84 Å². The molecule has 6 nitrogen and oxygen atoms in total. The number of fused-ring (bicyclic) bond motifs is 1. The summed E-state index contributed by atoms with van der Waals surface area (Å²) in [6.45, 7) is 8.45. The van der Waals surface area contributed by atoms with Gasteiger partial charge in [-0.3, -0.25) is 9.88 Å². The molecule has 0 spiro atoms. The van der Waals surface area contributed by atoms with Crippen LogP contribution in [0.5, 0.6) is 11.5 Å². The highest BCUT2D eigenvalue weighted by Gasteiger charge is 2.27. The number of aromatic hydroxyl groups is 1. The van der Waals surface area contributed by atoms with Crippen LogP contribution in [0.3, 0.4) is 0 Å². The van der Waals surface area contributed by atoms with Gasteiger partial charge >= 0.3 is 0 Å². The van der Waals surface area contributed by atoms with Crippen LogP contribution in [-0.4, -0.2) is 64.2 Å². The first-order valence-corrected chi connectivity index (χ1v) is 9.73. The van der Waals surface area contributed by atoms with Gasteiger partial charge in [-0.2, -0.15) is 0 Å². The summed E-state index contributed by atoms with van der Waals surface area (Å²) in [6, 6.07) is 4.43. The molecule has 1 aromatic carbocycles. The van der Waals surface area contributed by atoms with E-state index in [4.69, 9.17) is 4.74 Å². The van der Waals surface area contributed by atoms with Gasteiger partial charge in [0.05, 0.1) is 17.1 Å². The highest BCUT2D eigenvalue weighted by molar-refractivity contribution is 5.68. The fourth-order valence-electron chi connectivity index (χ4n) is 4.14. The smallest absolute Gasteiger partial charge is 0.165 e. The Labute approximate surface area is 160 Å². The van der Waals surface area contributed by atoms with Crippen LogP contribution < -0.4 is 4.74 Å². The number of aromatic nitrogens is 2. The third kappa shape index (κ3) is 3.77. The summed E-state index contributed by atoms with van der Waals surface area (Å²) in [5.41, 5.74) is 4.48. The zero-order chi connectivity index (χ0) is 19.0. The summed E-state index contributed by atoms with van der Waals surface area (Å²) in [4.78, 5) is 14.0. The van der Waals surface area contributed by atoms with Crippen LogP contribution in [0.4, 0.5) is 0 Å². The van der Waals surface area contributed by atoms with Crippen LogP contribution in [0.25, 0.3) is 11.3 Å². The number of phenolic OH excluding ortho intramolecular Hbond substituents is 1. The highest BCUT2D eigenvalue weighted by atomic mass is 16.5. The zero-order valence-electron chi connectivity index (χ0n) is 16.4. The molecule has 1 fully saturated rings. The topological polar surface area (TPSA) is 61.7 Å². The SMILES string of the molecule is Cc1cnc(C)c(-c2cc(O)c3c(c2)CN(C2CCN(C)CC2)CCO3)n1. The molecule has 4 rings (SSSR count). The molecular weight excluding hydrogens is 340 g/mol. The van der Waals surface area contributed by atoms with Gasteiger partial charge in [0.25, 0.3) is 0 Å². The van der Waals surface area contributed by atoms with Crippen LogP contribution in [0.15, 0.2) is 18.3 Å². The van der Waals surface area contributed by atoms with E-state index in [1.807, 2.05) is 13.8 Å². The van der Waals surface area contributed by atoms with E-state index in [2.05, 4.69) is 32.9 Å². The Morgan fingerprint density at radius 2 is 1.93 bits per heavy atom. The van der Waals surface area contributed by atoms with E-state index in [-0.39, 0.29) is 5.75 Å². The maximum atomic E-state index is 10.6. The second-order valence-electron chi connectivity index (χ2n) is 7.78.